The monoisotopic (exact) mass is 274 g/mol. The number of benzene rings is 1. The first-order valence-corrected chi connectivity index (χ1v) is 7.80. The molecule has 1 saturated carbocycles. The van der Waals surface area contributed by atoms with Gasteiger partial charge in [0.05, 0.1) is 6.54 Å². The lowest BCUT2D eigenvalue weighted by Crippen LogP contribution is -2.41. The number of rotatable bonds is 7. The Morgan fingerprint density at radius 3 is 2.65 bits per heavy atom. The van der Waals surface area contributed by atoms with Crippen molar-refractivity contribution in [1.82, 2.24) is 10.6 Å². The van der Waals surface area contributed by atoms with Crippen LogP contribution in [-0.2, 0) is 11.2 Å². The number of hydrogen-bond acceptors (Lipinski definition) is 2. The van der Waals surface area contributed by atoms with Crippen LogP contribution >= 0.6 is 0 Å². The second kappa shape index (κ2) is 8.05. The molecule has 0 radical (unpaired) electrons. The van der Waals surface area contributed by atoms with E-state index in [0.717, 1.165) is 25.7 Å². The maximum atomic E-state index is 11.8. The molecule has 0 saturated heterocycles. The molecule has 3 heteroatoms. The molecule has 20 heavy (non-hydrogen) atoms. The third-order valence-corrected chi connectivity index (χ3v) is 4.04. The van der Waals surface area contributed by atoms with Gasteiger partial charge in [0, 0.05) is 12.1 Å². The highest BCUT2D eigenvalue weighted by atomic mass is 16.1. The van der Waals surface area contributed by atoms with Crippen LogP contribution in [0.25, 0.3) is 0 Å². The lowest BCUT2D eigenvalue weighted by molar-refractivity contribution is -0.121. The molecule has 1 aromatic rings. The summed E-state index contributed by atoms with van der Waals surface area (Å²) in [6, 6.07) is 11.3. The van der Waals surface area contributed by atoms with Crippen LogP contribution in [0.1, 0.15) is 44.6 Å². The SMILES string of the molecule is CC(CCc1ccccc1)NCC(=O)NC1CCCC1. The smallest absolute Gasteiger partial charge is 0.234 e. The predicted octanol–water partition coefficient (Wildman–Crippen LogP) is 2.66. The highest BCUT2D eigenvalue weighted by molar-refractivity contribution is 5.78. The van der Waals surface area contributed by atoms with Crippen molar-refractivity contribution >= 4 is 5.91 Å². The van der Waals surface area contributed by atoms with E-state index in [1.54, 1.807) is 0 Å². The second-order valence-corrected chi connectivity index (χ2v) is 5.86. The Morgan fingerprint density at radius 1 is 1.25 bits per heavy atom. The molecular formula is C17H26N2O. The van der Waals surface area contributed by atoms with Gasteiger partial charge in [-0.1, -0.05) is 43.2 Å². The summed E-state index contributed by atoms with van der Waals surface area (Å²) in [6.45, 7) is 2.58. The van der Waals surface area contributed by atoms with Crippen molar-refractivity contribution in [3.8, 4) is 0 Å². The normalized spacial score (nSPS) is 17.1. The maximum absolute atomic E-state index is 11.8. The van der Waals surface area contributed by atoms with Gasteiger partial charge >= 0.3 is 0 Å². The van der Waals surface area contributed by atoms with Crippen LogP contribution in [-0.4, -0.2) is 24.5 Å². The summed E-state index contributed by atoms with van der Waals surface area (Å²) in [5.74, 6) is 0.142. The summed E-state index contributed by atoms with van der Waals surface area (Å²) in [6.07, 6.45) is 6.92. The number of amides is 1. The molecule has 1 aromatic carbocycles. The van der Waals surface area contributed by atoms with E-state index in [2.05, 4.69) is 41.8 Å². The van der Waals surface area contributed by atoms with Gasteiger partial charge in [-0.2, -0.15) is 0 Å². The number of hydrogen-bond donors (Lipinski definition) is 2. The quantitative estimate of drug-likeness (QED) is 0.802. The summed E-state index contributed by atoms with van der Waals surface area (Å²) < 4.78 is 0. The van der Waals surface area contributed by atoms with E-state index in [9.17, 15) is 4.79 Å². The third-order valence-electron chi connectivity index (χ3n) is 4.04. The number of carbonyl (C=O) groups excluding carboxylic acids is 1. The first kappa shape index (κ1) is 15.0. The first-order valence-electron chi connectivity index (χ1n) is 7.80. The molecule has 0 aliphatic heterocycles. The van der Waals surface area contributed by atoms with E-state index in [-0.39, 0.29) is 5.91 Å². The fourth-order valence-corrected chi connectivity index (χ4v) is 2.75. The molecular weight excluding hydrogens is 248 g/mol. The zero-order chi connectivity index (χ0) is 14.2. The van der Waals surface area contributed by atoms with Crippen molar-refractivity contribution < 1.29 is 4.79 Å². The van der Waals surface area contributed by atoms with E-state index in [1.165, 1.54) is 18.4 Å². The van der Waals surface area contributed by atoms with Crippen LogP contribution in [0.4, 0.5) is 0 Å². The molecule has 110 valence electrons. The second-order valence-electron chi connectivity index (χ2n) is 5.86. The Balaban J connectivity index is 1.59. The largest absolute Gasteiger partial charge is 0.352 e. The van der Waals surface area contributed by atoms with Crippen molar-refractivity contribution in [2.75, 3.05) is 6.54 Å². The molecule has 1 aliphatic rings. The van der Waals surface area contributed by atoms with E-state index < -0.39 is 0 Å². The molecule has 0 bridgehead atoms. The maximum Gasteiger partial charge on any atom is 0.234 e. The van der Waals surface area contributed by atoms with Gasteiger partial charge in [-0.25, -0.2) is 0 Å². The Bertz CT molecular complexity index is 399. The first-order chi connectivity index (χ1) is 9.74. The minimum atomic E-state index is 0.142. The number of carbonyl (C=O) groups is 1. The van der Waals surface area contributed by atoms with Crippen molar-refractivity contribution in [3.63, 3.8) is 0 Å². The summed E-state index contributed by atoms with van der Waals surface area (Å²) in [5.41, 5.74) is 1.36. The van der Waals surface area contributed by atoms with Crippen molar-refractivity contribution in [2.24, 2.45) is 0 Å². The van der Waals surface area contributed by atoms with Crippen molar-refractivity contribution in [1.29, 1.82) is 0 Å². The average Bonchev–Trinajstić information content (AvgIpc) is 2.97. The van der Waals surface area contributed by atoms with Crippen LogP contribution in [0.3, 0.4) is 0 Å². The Labute approximate surface area is 122 Å². The third kappa shape index (κ3) is 5.33. The predicted molar refractivity (Wildman–Crippen MR) is 82.6 cm³/mol. The Morgan fingerprint density at radius 2 is 1.95 bits per heavy atom. The lowest BCUT2D eigenvalue weighted by Gasteiger charge is -2.16. The van der Waals surface area contributed by atoms with Gasteiger partial charge in [0.25, 0.3) is 0 Å². The van der Waals surface area contributed by atoms with Crippen molar-refractivity contribution in [3.05, 3.63) is 35.9 Å². The summed E-state index contributed by atoms with van der Waals surface area (Å²) in [7, 11) is 0. The van der Waals surface area contributed by atoms with E-state index in [4.69, 9.17) is 0 Å². The van der Waals surface area contributed by atoms with Crippen LogP contribution in [0.2, 0.25) is 0 Å². The number of aryl methyl sites for hydroxylation is 1. The average molecular weight is 274 g/mol. The number of nitrogens with one attached hydrogen (secondary N) is 2. The minimum absolute atomic E-state index is 0.142. The Hall–Kier alpha value is -1.35. The molecule has 1 atom stereocenters. The molecule has 0 heterocycles. The van der Waals surface area contributed by atoms with E-state index in [0.29, 0.717) is 18.6 Å². The van der Waals surface area contributed by atoms with Gasteiger partial charge in [-0.15, -0.1) is 0 Å². The van der Waals surface area contributed by atoms with Crippen LogP contribution in [0, 0.1) is 0 Å². The summed E-state index contributed by atoms with van der Waals surface area (Å²) in [4.78, 5) is 11.8. The molecule has 1 fully saturated rings. The highest BCUT2D eigenvalue weighted by Crippen LogP contribution is 2.17. The van der Waals surface area contributed by atoms with Gasteiger partial charge in [0.15, 0.2) is 0 Å². The summed E-state index contributed by atoms with van der Waals surface area (Å²) >= 11 is 0. The van der Waals surface area contributed by atoms with Gasteiger partial charge in [-0.05, 0) is 38.2 Å². The summed E-state index contributed by atoms with van der Waals surface area (Å²) in [5, 5.41) is 6.42. The Kier molecular flexibility index (Phi) is 6.06. The zero-order valence-electron chi connectivity index (χ0n) is 12.4. The van der Waals surface area contributed by atoms with Crippen molar-refractivity contribution in [2.45, 2.75) is 57.5 Å². The van der Waals surface area contributed by atoms with Crippen LogP contribution in [0.5, 0.6) is 0 Å². The van der Waals surface area contributed by atoms with E-state index >= 15 is 0 Å². The molecule has 0 aromatic heterocycles. The fraction of sp³-hybridized carbons (Fsp3) is 0.588. The molecule has 2 N–H and O–H groups in total. The molecule has 1 amide bonds. The molecule has 1 aliphatic carbocycles. The van der Waals surface area contributed by atoms with Gasteiger partial charge in [0.2, 0.25) is 5.91 Å². The fourth-order valence-electron chi connectivity index (χ4n) is 2.75. The highest BCUT2D eigenvalue weighted by Gasteiger charge is 2.17. The van der Waals surface area contributed by atoms with Crippen LogP contribution in [0.15, 0.2) is 30.3 Å². The zero-order valence-corrected chi connectivity index (χ0v) is 12.4. The molecule has 3 nitrogen and oxygen atoms in total. The standard InChI is InChI=1S/C17H26N2O/c1-14(11-12-15-7-3-2-4-8-15)18-13-17(20)19-16-9-5-6-10-16/h2-4,7-8,14,16,18H,5-6,9-13H2,1H3,(H,19,20). The lowest BCUT2D eigenvalue weighted by atomic mass is 10.1. The topological polar surface area (TPSA) is 41.1 Å². The molecule has 1 unspecified atom stereocenters. The van der Waals surface area contributed by atoms with E-state index in [1.807, 2.05) is 6.07 Å². The minimum Gasteiger partial charge on any atom is -0.352 e. The van der Waals surface area contributed by atoms with Crippen LogP contribution < -0.4 is 10.6 Å². The van der Waals surface area contributed by atoms with Gasteiger partial charge in [0.1, 0.15) is 0 Å². The molecule has 0 spiro atoms. The van der Waals surface area contributed by atoms with Gasteiger partial charge < -0.3 is 10.6 Å². The molecule has 2 rings (SSSR count). The van der Waals surface area contributed by atoms with Gasteiger partial charge in [-0.3, -0.25) is 4.79 Å².